The van der Waals surface area contributed by atoms with Gasteiger partial charge in [0.25, 0.3) is 0 Å². The van der Waals surface area contributed by atoms with Gasteiger partial charge < -0.3 is 5.32 Å². The number of anilines is 1. The molecule has 2 heterocycles. The molecule has 1 unspecified atom stereocenters. The number of hydrogen-bond acceptors (Lipinski definition) is 4. The molecule has 2 N–H and O–H groups in total. The number of benzene rings is 1. The molecule has 19 heavy (non-hydrogen) atoms. The number of pyridine rings is 1. The van der Waals surface area contributed by atoms with Crippen LogP contribution in [0.15, 0.2) is 36.7 Å². The van der Waals surface area contributed by atoms with Crippen LogP contribution in [-0.4, -0.2) is 22.8 Å². The minimum atomic E-state index is -0.384. The number of imide groups is 1. The molecule has 1 saturated heterocycles. The van der Waals surface area contributed by atoms with E-state index in [1.165, 1.54) is 0 Å². The fraction of sp³-hybridized carbons (Fsp3) is 0.214. The zero-order valence-corrected chi connectivity index (χ0v) is 10.2. The number of fused-ring (bicyclic) bond motifs is 1. The van der Waals surface area contributed by atoms with Crippen molar-refractivity contribution >= 4 is 28.3 Å². The second kappa shape index (κ2) is 4.68. The topological polar surface area (TPSA) is 71.1 Å². The number of aromatic nitrogens is 1. The molecule has 96 valence electrons. The number of piperidine rings is 1. The number of rotatable bonds is 2. The van der Waals surface area contributed by atoms with Crippen LogP contribution in [0.2, 0.25) is 0 Å². The second-order valence-corrected chi connectivity index (χ2v) is 4.56. The summed E-state index contributed by atoms with van der Waals surface area (Å²) in [6, 6.07) is 7.45. The number of amides is 2. The lowest BCUT2D eigenvalue weighted by Gasteiger charge is -2.23. The molecule has 0 bridgehead atoms. The van der Waals surface area contributed by atoms with Crippen LogP contribution in [0.4, 0.5) is 5.69 Å². The van der Waals surface area contributed by atoms with Crippen LogP contribution in [-0.2, 0) is 9.59 Å². The Morgan fingerprint density at radius 2 is 2.05 bits per heavy atom. The van der Waals surface area contributed by atoms with Crippen molar-refractivity contribution < 1.29 is 9.59 Å². The van der Waals surface area contributed by atoms with Gasteiger partial charge >= 0.3 is 0 Å². The maximum atomic E-state index is 11.7. The number of nitrogens with one attached hydrogen (secondary N) is 2. The molecule has 0 saturated carbocycles. The Balaban J connectivity index is 1.89. The molecule has 1 aliphatic rings. The highest BCUT2D eigenvalue weighted by atomic mass is 16.2. The third-order valence-corrected chi connectivity index (χ3v) is 3.24. The fourth-order valence-electron chi connectivity index (χ4n) is 2.25. The first-order valence-electron chi connectivity index (χ1n) is 6.17. The SMILES string of the molecule is O=C1CCC(Nc2cncc3ccccc23)C(=O)N1. The molecule has 0 radical (unpaired) electrons. The summed E-state index contributed by atoms with van der Waals surface area (Å²) < 4.78 is 0. The van der Waals surface area contributed by atoms with Gasteiger partial charge in [-0.2, -0.15) is 0 Å². The zero-order chi connectivity index (χ0) is 13.2. The Labute approximate surface area is 110 Å². The molecule has 2 amide bonds. The van der Waals surface area contributed by atoms with E-state index in [0.717, 1.165) is 16.5 Å². The van der Waals surface area contributed by atoms with Gasteiger partial charge in [-0.1, -0.05) is 24.3 Å². The third kappa shape index (κ3) is 2.27. The monoisotopic (exact) mass is 255 g/mol. The molecule has 3 rings (SSSR count). The molecule has 0 aliphatic carbocycles. The van der Waals surface area contributed by atoms with E-state index in [2.05, 4.69) is 15.6 Å². The molecule has 5 nitrogen and oxygen atoms in total. The molecule has 1 fully saturated rings. The summed E-state index contributed by atoms with van der Waals surface area (Å²) in [7, 11) is 0. The molecule has 1 aliphatic heterocycles. The van der Waals surface area contributed by atoms with Crippen LogP contribution < -0.4 is 10.6 Å². The lowest BCUT2D eigenvalue weighted by molar-refractivity contribution is -0.133. The lowest BCUT2D eigenvalue weighted by atomic mass is 10.0. The number of carbonyl (C=O) groups is 2. The molecular formula is C14H13N3O2. The zero-order valence-electron chi connectivity index (χ0n) is 10.2. The second-order valence-electron chi connectivity index (χ2n) is 4.56. The third-order valence-electron chi connectivity index (χ3n) is 3.24. The van der Waals surface area contributed by atoms with Crippen molar-refractivity contribution in [1.82, 2.24) is 10.3 Å². The van der Waals surface area contributed by atoms with Gasteiger partial charge in [-0.25, -0.2) is 0 Å². The van der Waals surface area contributed by atoms with E-state index in [-0.39, 0.29) is 17.9 Å². The van der Waals surface area contributed by atoms with Crippen molar-refractivity contribution in [3.8, 4) is 0 Å². The summed E-state index contributed by atoms with van der Waals surface area (Å²) in [6.07, 6.45) is 4.35. The summed E-state index contributed by atoms with van der Waals surface area (Å²) in [6.45, 7) is 0. The van der Waals surface area contributed by atoms with Crippen LogP contribution in [0.5, 0.6) is 0 Å². The van der Waals surface area contributed by atoms with Gasteiger partial charge in [-0.15, -0.1) is 0 Å². The largest absolute Gasteiger partial charge is 0.372 e. The first-order valence-corrected chi connectivity index (χ1v) is 6.17. The minimum Gasteiger partial charge on any atom is -0.372 e. The maximum absolute atomic E-state index is 11.7. The minimum absolute atomic E-state index is 0.209. The highest BCUT2D eigenvalue weighted by Crippen LogP contribution is 2.23. The predicted molar refractivity (Wildman–Crippen MR) is 71.5 cm³/mol. The van der Waals surface area contributed by atoms with Gasteiger partial charge in [-0.3, -0.25) is 19.9 Å². The Bertz CT molecular complexity index is 649. The average Bonchev–Trinajstić information content (AvgIpc) is 2.42. The van der Waals surface area contributed by atoms with E-state index in [1.54, 1.807) is 12.4 Å². The van der Waals surface area contributed by atoms with Gasteiger partial charge in [0.05, 0.1) is 11.9 Å². The molecule has 1 aromatic heterocycles. The van der Waals surface area contributed by atoms with E-state index in [1.807, 2.05) is 24.3 Å². The smallest absolute Gasteiger partial charge is 0.249 e. The van der Waals surface area contributed by atoms with Crippen molar-refractivity contribution in [3.05, 3.63) is 36.7 Å². The van der Waals surface area contributed by atoms with Gasteiger partial charge in [0.1, 0.15) is 6.04 Å². The maximum Gasteiger partial charge on any atom is 0.249 e. The van der Waals surface area contributed by atoms with Crippen LogP contribution in [0, 0.1) is 0 Å². The predicted octanol–water partition coefficient (Wildman–Crippen LogP) is 1.45. The first kappa shape index (κ1) is 11.6. The van der Waals surface area contributed by atoms with E-state index >= 15 is 0 Å². The van der Waals surface area contributed by atoms with Gasteiger partial charge in [0.2, 0.25) is 11.8 Å². The summed E-state index contributed by atoms with van der Waals surface area (Å²) in [4.78, 5) is 27.0. The van der Waals surface area contributed by atoms with Crippen molar-refractivity contribution in [2.24, 2.45) is 0 Å². The van der Waals surface area contributed by atoms with Crippen LogP contribution in [0.25, 0.3) is 10.8 Å². The highest BCUT2D eigenvalue weighted by Gasteiger charge is 2.26. The van der Waals surface area contributed by atoms with Crippen LogP contribution in [0.1, 0.15) is 12.8 Å². The Hall–Kier alpha value is -2.43. The molecule has 2 aromatic rings. The lowest BCUT2D eigenvalue weighted by Crippen LogP contribution is -2.47. The number of hydrogen-bond donors (Lipinski definition) is 2. The first-order chi connectivity index (χ1) is 9.24. The van der Waals surface area contributed by atoms with E-state index in [4.69, 9.17) is 0 Å². The summed E-state index contributed by atoms with van der Waals surface area (Å²) in [5.41, 5.74) is 0.813. The average molecular weight is 255 g/mol. The Kier molecular flexibility index (Phi) is 2.87. The molecular weight excluding hydrogens is 242 g/mol. The fourth-order valence-corrected chi connectivity index (χ4v) is 2.25. The molecule has 5 heteroatoms. The number of nitrogens with zero attached hydrogens (tertiary/aromatic N) is 1. The van der Waals surface area contributed by atoms with Gasteiger partial charge in [0, 0.05) is 23.4 Å². The number of carbonyl (C=O) groups excluding carboxylic acids is 2. The van der Waals surface area contributed by atoms with Gasteiger partial charge in [-0.05, 0) is 6.42 Å². The van der Waals surface area contributed by atoms with Crippen molar-refractivity contribution in [2.75, 3.05) is 5.32 Å². The van der Waals surface area contributed by atoms with Crippen molar-refractivity contribution in [3.63, 3.8) is 0 Å². The standard InChI is InChI=1S/C14H13N3O2/c18-13-6-5-11(14(19)17-13)16-12-8-15-7-9-3-1-2-4-10(9)12/h1-4,7-8,11,16H,5-6H2,(H,17,18,19). The van der Waals surface area contributed by atoms with Gasteiger partial charge in [0.15, 0.2) is 0 Å². The summed E-state index contributed by atoms with van der Waals surface area (Å²) in [5, 5.41) is 7.53. The molecule has 1 atom stereocenters. The molecule has 1 aromatic carbocycles. The molecule has 0 spiro atoms. The van der Waals surface area contributed by atoms with Crippen molar-refractivity contribution in [2.45, 2.75) is 18.9 Å². The van der Waals surface area contributed by atoms with E-state index in [9.17, 15) is 9.59 Å². The van der Waals surface area contributed by atoms with Crippen molar-refractivity contribution in [1.29, 1.82) is 0 Å². The quantitative estimate of drug-likeness (QED) is 0.797. The van der Waals surface area contributed by atoms with Crippen LogP contribution >= 0.6 is 0 Å². The Morgan fingerprint density at radius 3 is 2.89 bits per heavy atom. The van der Waals surface area contributed by atoms with Crippen LogP contribution in [0.3, 0.4) is 0 Å². The normalized spacial score (nSPS) is 19.3. The van der Waals surface area contributed by atoms with E-state index < -0.39 is 0 Å². The summed E-state index contributed by atoms with van der Waals surface area (Å²) >= 11 is 0. The summed E-state index contributed by atoms with van der Waals surface area (Å²) in [5.74, 6) is -0.483. The highest BCUT2D eigenvalue weighted by molar-refractivity contribution is 6.02. The Morgan fingerprint density at radius 1 is 1.21 bits per heavy atom. The van der Waals surface area contributed by atoms with E-state index in [0.29, 0.717) is 12.8 Å².